The number of aryl methyl sites for hydroxylation is 1. The molecule has 0 fully saturated rings. The van der Waals surface area contributed by atoms with Crippen molar-refractivity contribution in [3.8, 4) is 0 Å². The van der Waals surface area contributed by atoms with Crippen LogP contribution in [0.4, 0.5) is 0 Å². The maximum absolute atomic E-state index is 11.6. The molecule has 0 aliphatic rings. The van der Waals surface area contributed by atoms with Crippen LogP contribution in [0, 0.1) is 0 Å². The normalized spacial score (nSPS) is 14.6. The van der Waals surface area contributed by atoms with Crippen LogP contribution < -0.4 is 5.73 Å². The first-order valence-corrected chi connectivity index (χ1v) is 5.03. The number of esters is 1. The molecule has 6 nitrogen and oxygen atoms in total. The van der Waals surface area contributed by atoms with Gasteiger partial charge >= 0.3 is 5.97 Å². The average Bonchev–Trinajstić information content (AvgIpc) is 2.61. The van der Waals surface area contributed by atoms with E-state index in [1.54, 1.807) is 27.1 Å². The van der Waals surface area contributed by atoms with E-state index in [4.69, 9.17) is 10.5 Å². The lowest BCUT2D eigenvalue weighted by atomic mass is 9.95. The van der Waals surface area contributed by atoms with E-state index in [9.17, 15) is 9.90 Å². The first-order valence-electron chi connectivity index (χ1n) is 5.03. The number of carbonyl (C=O) groups excluding carboxylic acids is 1. The molecule has 1 aromatic rings. The van der Waals surface area contributed by atoms with Crippen molar-refractivity contribution in [1.29, 1.82) is 0 Å². The van der Waals surface area contributed by atoms with Gasteiger partial charge in [-0.25, -0.2) is 4.79 Å². The molecule has 0 aromatic carbocycles. The molecule has 1 atom stereocenters. The average molecular weight is 227 g/mol. The van der Waals surface area contributed by atoms with E-state index in [1.807, 2.05) is 0 Å². The van der Waals surface area contributed by atoms with E-state index in [1.165, 1.54) is 4.68 Å². The maximum Gasteiger partial charge on any atom is 0.359 e. The highest BCUT2D eigenvalue weighted by Crippen LogP contribution is 2.21. The van der Waals surface area contributed by atoms with Gasteiger partial charge in [-0.2, -0.15) is 5.10 Å². The Morgan fingerprint density at radius 1 is 1.75 bits per heavy atom. The minimum Gasteiger partial charge on any atom is -0.461 e. The van der Waals surface area contributed by atoms with Gasteiger partial charge in [0.05, 0.1) is 18.8 Å². The van der Waals surface area contributed by atoms with Gasteiger partial charge in [0.1, 0.15) is 0 Å². The molecule has 0 aliphatic carbocycles. The summed E-state index contributed by atoms with van der Waals surface area (Å²) in [7, 11) is 1.68. The molecule has 90 valence electrons. The standard InChI is InChI=1S/C10H17N3O3/c1-4-16-9(15)8-7(5-13(3)12-8)10(2,11)6-14/h5,14H,4,6,11H2,1-3H3. The van der Waals surface area contributed by atoms with Crippen molar-refractivity contribution < 1.29 is 14.6 Å². The summed E-state index contributed by atoms with van der Waals surface area (Å²) in [6.07, 6.45) is 1.61. The van der Waals surface area contributed by atoms with Crippen LogP contribution in [0.2, 0.25) is 0 Å². The van der Waals surface area contributed by atoms with E-state index in [-0.39, 0.29) is 18.9 Å². The van der Waals surface area contributed by atoms with Crippen LogP contribution in [0.3, 0.4) is 0 Å². The third-order valence-corrected chi connectivity index (χ3v) is 2.24. The number of hydrogen-bond donors (Lipinski definition) is 2. The second kappa shape index (κ2) is 4.63. The van der Waals surface area contributed by atoms with E-state index in [0.717, 1.165) is 0 Å². The number of rotatable bonds is 4. The number of nitrogens with two attached hydrogens (primary N) is 1. The van der Waals surface area contributed by atoms with Gasteiger partial charge < -0.3 is 15.6 Å². The molecule has 1 rings (SSSR count). The number of aliphatic hydroxyl groups is 1. The van der Waals surface area contributed by atoms with Crippen LogP contribution in [-0.4, -0.2) is 34.1 Å². The monoisotopic (exact) mass is 227 g/mol. The topological polar surface area (TPSA) is 90.4 Å². The third kappa shape index (κ3) is 2.40. The van der Waals surface area contributed by atoms with Crippen LogP contribution >= 0.6 is 0 Å². The summed E-state index contributed by atoms with van der Waals surface area (Å²) in [6.45, 7) is 3.35. The second-order valence-electron chi connectivity index (χ2n) is 3.86. The number of aliphatic hydroxyl groups excluding tert-OH is 1. The Labute approximate surface area is 94.0 Å². The fourth-order valence-corrected chi connectivity index (χ4v) is 1.34. The predicted octanol–water partition coefficient (Wildman–Crippen LogP) is -0.237. The highest BCUT2D eigenvalue weighted by atomic mass is 16.5. The zero-order valence-electron chi connectivity index (χ0n) is 9.73. The molecule has 1 heterocycles. The summed E-state index contributed by atoms with van der Waals surface area (Å²) in [5.74, 6) is -0.525. The van der Waals surface area contributed by atoms with Gasteiger partial charge in [-0.15, -0.1) is 0 Å². The molecule has 1 unspecified atom stereocenters. The van der Waals surface area contributed by atoms with Crippen LogP contribution in [0.25, 0.3) is 0 Å². The Hall–Kier alpha value is -1.40. The molecule has 0 radical (unpaired) electrons. The number of carbonyl (C=O) groups is 1. The van der Waals surface area contributed by atoms with E-state index < -0.39 is 11.5 Å². The fourth-order valence-electron chi connectivity index (χ4n) is 1.34. The van der Waals surface area contributed by atoms with Crippen molar-refractivity contribution in [3.63, 3.8) is 0 Å². The number of hydrogen-bond acceptors (Lipinski definition) is 5. The lowest BCUT2D eigenvalue weighted by Crippen LogP contribution is -2.38. The quantitative estimate of drug-likeness (QED) is 0.693. The minimum atomic E-state index is -1.00. The smallest absolute Gasteiger partial charge is 0.359 e. The molecule has 0 saturated heterocycles. The van der Waals surface area contributed by atoms with Crippen LogP contribution in [0.1, 0.15) is 29.9 Å². The fraction of sp³-hybridized carbons (Fsp3) is 0.600. The van der Waals surface area contributed by atoms with Gasteiger partial charge in [0.25, 0.3) is 0 Å². The molecule has 0 aliphatic heterocycles. The zero-order chi connectivity index (χ0) is 12.3. The summed E-state index contributed by atoms with van der Waals surface area (Å²) >= 11 is 0. The van der Waals surface area contributed by atoms with E-state index in [0.29, 0.717) is 5.56 Å². The van der Waals surface area contributed by atoms with Crippen molar-refractivity contribution >= 4 is 5.97 Å². The van der Waals surface area contributed by atoms with Crippen LogP contribution in [0.5, 0.6) is 0 Å². The predicted molar refractivity (Wildman–Crippen MR) is 57.8 cm³/mol. The summed E-state index contributed by atoms with van der Waals surface area (Å²) < 4.78 is 6.34. The lowest BCUT2D eigenvalue weighted by Gasteiger charge is -2.20. The van der Waals surface area contributed by atoms with Gasteiger partial charge in [-0.3, -0.25) is 4.68 Å². The number of aromatic nitrogens is 2. The Bertz CT molecular complexity index is 385. The third-order valence-electron chi connectivity index (χ3n) is 2.24. The zero-order valence-corrected chi connectivity index (χ0v) is 9.73. The number of ether oxygens (including phenoxy) is 1. The largest absolute Gasteiger partial charge is 0.461 e. The molecule has 1 aromatic heterocycles. The molecular weight excluding hydrogens is 210 g/mol. The number of nitrogens with zero attached hydrogens (tertiary/aromatic N) is 2. The minimum absolute atomic E-state index is 0.156. The van der Waals surface area contributed by atoms with E-state index in [2.05, 4.69) is 5.10 Å². The van der Waals surface area contributed by atoms with Gasteiger partial charge in [0.15, 0.2) is 5.69 Å². The molecule has 0 amide bonds. The van der Waals surface area contributed by atoms with Crippen LogP contribution in [-0.2, 0) is 17.3 Å². The van der Waals surface area contributed by atoms with Crippen molar-refractivity contribution in [2.75, 3.05) is 13.2 Å². The Morgan fingerprint density at radius 2 is 2.38 bits per heavy atom. The van der Waals surface area contributed by atoms with Crippen molar-refractivity contribution in [3.05, 3.63) is 17.5 Å². The first-order chi connectivity index (χ1) is 7.42. The molecular formula is C10H17N3O3. The molecule has 0 spiro atoms. The summed E-state index contributed by atoms with van der Waals surface area (Å²) in [5, 5.41) is 13.2. The van der Waals surface area contributed by atoms with E-state index >= 15 is 0 Å². The Morgan fingerprint density at radius 3 is 2.88 bits per heavy atom. The van der Waals surface area contributed by atoms with Crippen molar-refractivity contribution in [1.82, 2.24) is 9.78 Å². The molecule has 3 N–H and O–H groups in total. The molecule has 0 bridgehead atoms. The summed E-state index contributed by atoms with van der Waals surface area (Å²) in [4.78, 5) is 11.6. The van der Waals surface area contributed by atoms with Crippen molar-refractivity contribution in [2.45, 2.75) is 19.4 Å². The first kappa shape index (κ1) is 12.7. The second-order valence-corrected chi connectivity index (χ2v) is 3.86. The Balaban J connectivity index is 3.14. The van der Waals surface area contributed by atoms with Gasteiger partial charge in [0.2, 0.25) is 0 Å². The van der Waals surface area contributed by atoms with Crippen LogP contribution in [0.15, 0.2) is 6.20 Å². The van der Waals surface area contributed by atoms with Gasteiger partial charge in [-0.1, -0.05) is 0 Å². The molecule has 16 heavy (non-hydrogen) atoms. The maximum atomic E-state index is 11.6. The molecule has 6 heteroatoms. The van der Waals surface area contributed by atoms with Crippen molar-refractivity contribution in [2.24, 2.45) is 12.8 Å². The Kier molecular flexibility index (Phi) is 3.66. The lowest BCUT2D eigenvalue weighted by molar-refractivity contribution is 0.0514. The molecule has 0 saturated carbocycles. The van der Waals surface area contributed by atoms with Gasteiger partial charge in [-0.05, 0) is 13.8 Å². The summed E-state index contributed by atoms with van der Waals surface area (Å²) in [6, 6.07) is 0. The SMILES string of the molecule is CCOC(=O)c1nn(C)cc1C(C)(N)CO. The highest BCUT2D eigenvalue weighted by molar-refractivity contribution is 5.89. The highest BCUT2D eigenvalue weighted by Gasteiger charge is 2.29. The summed E-state index contributed by atoms with van der Waals surface area (Å²) in [5.41, 5.74) is 5.51. The van der Waals surface area contributed by atoms with Gasteiger partial charge in [0, 0.05) is 18.8 Å².